The van der Waals surface area contributed by atoms with Gasteiger partial charge in [-0.1, -0.05) is 6.58 Å². The molecule has 0 aromatic rings. The SMILES string of the molecule is C=C(C)C(=O)OCCC[Si](OC)(OC)O[Si](C)(C)O[Si](C)(C)O. The van der Waals surface area contributed by atoms with Crippen LogP contribution in [0.1, 0.15) is 13.3 Å². The van der Waals surface area contributed by atoms with Gasteiger partial charge in [-0.05, 0) is 39.5 Å². The monoisotopic (exact) mass is 382 g/mol. The van der Waals surface area contributed by atoms with Gasteiger partial charge in [0.15, 0.2) is 0 Å². The minimum atomic E-state index is -2.94. The third-order valence-electron chi connectivity index (χ3n) is 2.73. The maximum absolute atomic E-state index is 11.4. The van der Waals surface area contributed by atoms with Gasteiger partial charge in [0.05, 0.1) is 6.61 Å². The molecule has 0 aliphatic carbocycles. The first kappa shape index (κ1) is 22.7. The number of carbonyl (C=O) groups is 1. The third kappa shape index (κ3) is 9.52. The number of ether oxygens (including phenoxy) is 1. The van der Waals surface area contributed by atoms with E-state index in [0.717, 1.165) is 0 Å². The molecule has 136 valence electrons. The van der Waals surface area contributed by atoms with Crippen LogP contribution in [-0.2, 0) is 26.6 Å². The Morgan fingerprint density at radius 1 is 1.09 bits per heavy atom. The summed E-state index contributed by atoms with van der Waals surface area (Å²) in [6.07, 6.45) is 0.539. The first-order valence-corrected chi connectivity index (χ1v) is 15.0. The quantitative estimate of drug-likeness (QED) is 0.254. The van der Waals surface area contributed by atoms with Gasteiger partial charge in [-0.25, -0.2) is 4.79 Å². The van der Waals surface area contributed by atoms with Gasteiger partial charge in [0.1, 0.15) is 0 Å². The molecule has 0 unspecified atom stereocenters. The fraction of sp³-hybridized carbons (Fsp3) is 0.769. The molecule has 0 atom stereocenters. The van der Waals surface area contributed by atoms with E-state index in [1.165, 1.54) is 14.2 Å². The molecule has 0 bridgehead atoms. The summed E-state index contributed by atoms with van der Waals surface area (Å²) in [4.78, 5) is 21.3. The number of hydrogen-bond donors (Lipinski definition) is 1. The number of carbonyl (C=O) groups excluding carboxylic acids is 1. The van der Waals surface area contributed by atoms with Crippen molar-refractivity contribution in [3.63, 3.8) is 0 Å². The minimum absolute atomic E-state index is 0.236. The Morgan fingerprint density at radius 2 is 1.61 bits per heavy atom. The van der Waals surface area contributed by atoms with E-state index >= 15 is 0 Å². The normalized spacial score (nSPS) is 13.0. The van der Waals surface area contributed by atoms with Crippen LogP contribution in [0.25, 0.3) is 0 Å². The lowest BCUT2D eigenvalue weighted by Crippen LogP contribution is -2.56. The van der Waals surface area contributed by atoms with E-state index in [1.807, 2.05) is 13.1 Å². The highest BCUT2D eigenvalue weighted by molar-refractivity contribution is 6.83. The van der Waals surface area contributed by atoms with Gasteiger partial charge in [0, 0.05) is 25.8 Å². The molecule has 0 rings (SSSR count). The van der Waals surface area contributed by atoms with Crippen LogP contribution in [0.2, 0.25) is 32.2 Å². The molecule has 10 heteroatoms. The maximum atomic E-state index is 11.4. The summed E-state index contributed by atoms with van der Waals surface area (Å²) in [5.41, 5.74) is 0.361. The Balaban J connectivity index is 4.67. The van der Waals surface area contributed by atoms with E-state index < -0.39 is 31.9 Å². The average molecular weight is 383 g/mol. The van der Waals surface area contributed by atoms with Crippen LogP contribution in [0.3, 0.4) is 0 Å². The first-order valence-electron chi connectivity index (χ1n) is 7.42. The van der Waals surface area contributed by atoms with Gasteiger partial charge in [-0.3, -0.25) is 0 Å². The van der Waals surface area contributed by atoms with Crippen LogP contribution >= 0.6 is 0 Å². The van der Waals surface area contributed by atoms with Gasteiger partial charge >= 0.3 is 31.9 Å². The smallest absolute Gasteiger partial charge is 0.462 e. The first-order chi connectivity index (χ1) is 10.4. The molecule has 0 aromatic heterocycles. The van der Waals surface area contributed by atoms with Gasteiger partial charge in [-0.2, -0.15) is 0 Å². The molecule has 0 radical (unpaired) electrons. The zero-order valence-electron chi connectivity index (χ0n) is 15.2. The van der Waals surface area contributed by atoms with Crippen LogP contribution in [-0.4, -0.2) is 57.5 Å². The second-order valence-electron chi connectivity index (χ2n) is 6.16. The second kappa shape index (κ2) is 9.22. The molecule has 0 amide bonds. The van der Waals surface area contributed by atoms with Crippen LogP contribution in [0.5, 0.6) is 0 Å². The van der Waals surface area contributed by atoms with Crippen molar-refractivity contribution in [1.82, 2.24) is 0 Å². The Bertz CT molecular complexity index is 403. The number of hydrogen-bond acceptors (Lipinski definition) is 7. The molecule has 0 aromatic carbocycles. The van der Waals surface area contributed by atoms with Crippen molar-refractivity contribution in [2.24, 2.45) is 0 Å². The summed E-state index contributed by atoms with van der Waals surface area (Å²) >= 11 is 0. The lowest BCUT2D eigenvalue weighted by molar-refractivity contribution is -0.139. The maximum Gasteiger partial charge on any atom is 0.491 e. The molecule has 0 fully saturated rings. The van der Waals surface area contributed by atoms with Crippen LogP contribution in [0, 0.1) is 0 Å². The van der Waals surface area contributed by atoms with Gasteiger partial charge in [0.25, 0.3) is 0 Å². The molecule has 0 saturated heterocycles. The van der Waals surface area contributed by atoms with E-state index in [0.29, 0.717) is 18.0 Å². The summed E-state index contributed by atoms with van der Waals surface area (Å²) < 4.78 is 27.9. The predicted molar refractivity (Wildman–Crippen MR) is 94.3 cm³/mol. The van der Waals surface area contributed by atoms with E-state index in [-0.39, 0.29) is 6.61 Å². The van der Waals surface area contributed by atoms with Crippen molar-refractivity contribution in [2.75, 3.05) is 20.8 Å². The summed E-state index contributed by atoms with van der Waals surface area (Å²) in [7, 11) is -5.21. The number of rotatable bonds is 11. The van der Waals surface area contributed by atoms with Gasteiger partial charge in [-0.15, -0.1) is 0 Å². The van der Waals surface area contributed by atoms with Crippen LogP contribution in [0.4, 0.5) is 0 Å². The molecule has 7 nitrogen and oxygen atoms in total. The molecule has 0 spiro atoms. The standard InChI is InChI=1S/C13H30O7Si3/c1-12(2)13(14)18-10-9-11-23(16-3,17-4)20-22(7,8)19-21(5,6)15/h15H,1,9-11H2,2-8H3. The third-order valence-corrected chi connectivity index (χ3v) is 12.1. The summed E-state index contributed by atoms with van der Waals surface area (Å²) in [6.45, 7) is 12.4. The minimum Gasteiger partial charge on any atom is -0.462 e. The largest absolute Gasteiger partial charge is 0.491 e. The molecule has 0 aliphatic heterocycles. The second-order valence-corrected chi connectivity index (χ2v) is 16.2. The van der Waals surface area contributed by atoms with Crippen LogP contribution in [0.15, 0.2) is 12.2 Å². The van der Waals surface area contributed by atoms with Crippen molar-refractivity contribution >= 4 is 31.9 Å². The van der Waals surface area contributed by atoms with Crippen molar-refractivity contribution in [1.29, 1.82) is 0 Å². The average Bonchev–Trinajstić information content (AvgIpc) is 2.38. The van der Waals surface area contributed by atoms with Gasteiger partial charge in [0.2, 0.25) is 0 Å². The highest BCUT2D eigenvalue weighted by atomic mass is 28.5. The van der Waals surface area contributed by atoms with E-state index in [4.69, 9.17) is 21.8 Å². The van der Waals surface area contributed by atoms with E-state index in [9.17, 15) is 9.59 Å². The molecule has 23 heavy (non-hydrogen) atoms. The molecule has 1 N–H and O–H groups in total. The highest BCUT2D eigenvalue weighted by Gasteiger charge is 2.47. The van der Waals surface area contributed by atoms with E-state index in [2.05, 4.69) is 6.58 Å². The molecule has 0 aliphatic rings. The highest BCUT2D eigenvalue weighted by Crippen LogP contribution is 2.24. The van der Waals surface area contributed by atoms with Crippen molar-refractivity contribution in [3.8, 4) is 0 Å². The fourth-order valence-electron chi connectivity index (χ4n) is 2.00. The zero-order valence-corrected chi connectivity index (χ0v) is 18.2. The lowest BCUT2D eigenvalue weighted by Gasteiger charge is -2.36. The van der Waals surface area contributed by atoms with E-state index in [1.54, 1.807) is 20.0 Å². The summed E-state index contributed by atoms with van der Waals surface area (Å²) in [5.74, 6) is -0.418. The molecule has 0 saturated carbocycles. The zero-order chi connectivity index (χ0) is 18.3. The summed E-state index contributed by atoms with van der Waals surface area (Å²) in [5, 5.41) is 0. The Labute approximate surface area is 142 Å². The predicted octanol–water partition coefficient (Wildman–Crippen LogP) is 2.16. The fourth-order valence-corrected chi connectivity index (χ4v) is 12.6. The topological polar surface area (TPSA) is 83.5 Å². The van der Waals surface area contributed by atoms with Crippen molar-refractivity contribution in [3.05, 3.63) is 12.2 Å². The van der Waals surface area contributed by atoms with Gasteiger partial charge < -0.3 is 26.6 Å². The molecular formula is C13H30O7Si3. The molecular weight excluding hydrogens is 352 g/mol. The lowest BCUT2D eigenvalue weighted by atomic mass is 10.4. The van der Waals surface area contributed by atoms with Crippen molar-refractivity contribution < 1.29 is 31.4 Å². The van der Waals surface area contributed by atoms with Crippen molar-refractivity contribution in [2.45, 2.75) is 45.6 Å². The molecule has 0 heterocycles. The van der Waals surface area contributed by atoms with Crippen LogP contribution < -0.4 is 0 Å². The summed E-state index contributed by atoms with van der Waals surface area (Å²) in [6, 6.07) is 0.483. The Kier molecular flexibility index (Phi) is 9.09. The Hall–Kier alpha value is -0.339. The number of esters is 1. The Morgan fingerprint density at radius 3 is 2.00 bits per heavy atom.